The average Bonchev–Trinajstić information content (AvgIpc) is 2.46. The van der Waals surface area contributed by atoms with Gasteiger partial charge in [-0.05, 0) is 39.7 Å². The van der Waals surface area contributed by atoms with E-state index in [1.807, 2.05) is 30.3 Å². The molecule has 20 heavy (non-hydrogen) atoms. The van der Waals surface area contributed by atoms with Gasteiger partial charge < -0.3 is 11.2 Å². The molecule has 0 aliphatic rings. The Morgan fingerprint density at radius 1 is 1.05 bits per heavy atom. The first-order chi connectivity index (χ1) is 9.67. The molecule has 0 aliphatic heterocycles. The van der Waals surface area contributed by atoms with Crippen LogP contribution in [0.1, 0.15) is 0 Å². The lowest BCUT2D eigenvalue weighted by atomic mass is 10.1. The number of benzene rings is 1. The van der Waals surface area contributed by atoms with Crippen molar-refractivity contribution in [2.24, 2.45) is 5.84 Å². The fourth-order valence-electron chi connectivity index (χ4n) is 1.98. The van der Waals surface area contributed by atoms with Gasteiger partial charge >= 0.3 is 0 Å². The fraction of sp³-hybridized carbons (Fsp3) is 0. The summed E-state index contributed by atoms with van der Waals surface area (Å²) < 4.78 is 0.794. The molecule has 6 nitrogen and oxygen atoms in total. The zero-order valence-electron chi connectivity index (χ0n) is 10.3. The first-order valence-electron chi connectivity index (χ1n) is 5.83. The molecule has 5 N–H and O–H groups in total. The lowest BCUT2D eigenvalue weighted by Gasteiger charge is -2.08. The van der Waals surface area contributed by atoms with E-state index in [4.69, 9.17) is 11.6 Å². The minimum Gasteiger partial charge on any atom is -0.368 e. The molecule has 0 saturated heterocycles. The van der Waals surface area contributed by atoms with Crippen LogP contribution in [-0.4, -0.2) is 15.0 Å². The van der Waals surface area contributed by atoms with Crippen molar-refractivity contribution < 1.29 is 0 Å². The lowest BCUT2D eigenvalue weighted by Crippen LogP contribution is -2.11. The summed E-state index contributed by atoms with van der Waals surface area (Å²) in [4.78, 5) is 12.5. The number of hydrogen-bond donors (Lipinski definition) is 3. The maximum Gasteiger partial charge on any atom is 0.222 e. The first kappa shape index (κ1) is 12.8. The third-order valence-electron chi connectivity index (χ3n) is 2.91. The van der Waals surface area contributed by atoms with E-state index in [0.717, 1.165) is 26.6 Å². The monoisotopic (exact) mass is 330 g/mol. The van der Waals surface area contributed by atoms with Gasteiger partial charge in [0.25, 0.3) is 0 Å². The summed E-state index contributed by atoms with van der Waals surface area (Å²) >= 11 is 3.32. The molecule has 3 rings (SSSR count). The minimum absolute atomic E-state index is 0.184. The van der Waals surface area contributed by atoms with Gasteiger partial charge in [0.15, 0.2) is 5.82 Å². The van der Waals surface area contributed by atoms with E-state index in [2.05, 4.69) is 36.3 Å². The molecule has 0 fully saturated rings. The Kier molecular flexibility index (Phi) is 3.21. The number of nitrogen functional groups attached to an aromatic ring is 2. The summed E-state index contributed by atoms with van der Waals surface area (Å²) in [5.41, 5.74) is 10.9. The number of hydrogen-bond acceptors (Lipinski definition) is 6. The maximum atomic E-state index is 5.63. The molecule has 0 radical (unpaired) electrons. The molecule has 2 heterocycles. The van der Waals surface area contributed by atoms with Gasteiger partial charge in [0.05, 0.1) is 5.52 Å². The fourth-order valence-corrected chi connectivity index (χ4v) is 2.22. The third-order valence-corrected chi connectivity index (χ3v) is 3.38. The van der Waals surface area contributed by atoms with E-state index in [0.29, 0.717) is 5.82 Å². The smallest absolute Gasteiger partial charge is 0.222 e. The number of pyridine rings is 1. The molecule has 0 bridgehead atoms. The minimum atomic E-state index is 0.184. The predicted molar refractivity (Wildman–Crippen MR) is 82.7 cm³/mol. The van der Waals surface area contributed by atoms with Crippen LogP contribution in [0.2, 0.25) is 0 Å². The summed E-state index contributed by atoms with van der Waals surface area (Å²) in [6.45, 7) is 0. The molecule has 0 aliphatic carbocycles. The molecular weight excluding hydrogens is 320 g/mol. The van der Waals surface area contributed by atoms with Gasteiger partial charge in [-0.3, -0.25) is 0 Å². The van der Waals surface area contributed by atoms with Crippen LogP contribution in [0.25, 0.3) is 22.0 Å². The second kappa shape index (κ2) is 5.03. The second-order valence-electron chi connectivity index (χ2n) is 4.18. The van der Waals surface area contributed by atoms with E-state index >= 15 is 0 Å². The van der Waals surface area contributed by atoms with Crippen LogP contribution >= 0.6 is 15.9 Å². The van der Waals surface area contributed by atoms with Crippen LogP contribution in [0, 0.1) is 0 Å². The highest BCUT2D eigenvalue weighted by atomic mass is 79.9. The number of aromatic nitrogens is 3. The van der Waals surface area contributed by atoms with Gasteiger partial charge in [-0.2, -0.15) is 4.98 Å². The first-order valence-corrected chi connectivity index (χ1v) is 6.62. The van der Waals surface area contributed by atoms with Crippen molar-refractivity contribution in [3.05, 3.63) is 41.1 Å². The van der Waals surface area contributed by atoms with Gasteiger partial charge in [-0.15, -0.1) is 0 Å². The van der Waals surface area contributed by atoms with Crippen molar-refractivity contribution in [1.29, 1.82) is 0 Å². The summed E-state index contributed by atoms with van der Waals surface area (Å²) in [6.07, 6.45) is 1.79. The van der Waals surface area contributed by atoms with E-state index < -0.39 is 0 Å². The highest BCUT2D eigenvalue weighted by molar-refractivity contribution is 9.10. The summed E-state index contributed by atoms with van der Waals surface area (Å²) in [6, 6.07) is 9.66. The highest BCUT2D eigenvalue weighted by Crippen LogP contribution is 2.27. The van der Waals surface area contributed by atoms with Gasteiger partial charge in [-0.25, -0.2) is 15.8 Å². The van der Waals surface area contributed by atoms with Crippen LogP contribution in [0.3, 0.4) is 0 Å². The number of nitrogens with one attached hydrogen (secondary N) is 1. The Labute approximate surface area is 123 Å². The number of rotatable bonds is 2. The molecule has 0 amide bonds. The number of fused-ring (bicyclic) bond motifs is 1. The molecule has 3 aromatic rings. The van der Waals surface area contributed by atoms with Gasteiger partial charge in [0.2, 0.25) is 5.95 Å². The topological polar surface area (TPSA) is 103 Å². The zero-order chi connectivity index (χ0) is 14.1. The van der Waals surface area contributed by atoms with Crippen molar-refractivity contribution in [3.63, 3.8) is 0 Å². The van der Waals surface area contributed by atoms with Gasteiger partial charge in [0, 0.05) is 17.1 Å². The molecular formula is C13H11BrN6. The van der Waals surface area contributed by atoms with Crippen LogP contribution < -0.4 is 17.0 Å². The van der Waals surface area contributed by atoms with Crippen molar-refractivity contribution in [3.8, 4) is 11.1 Å². The number of anilines is 2. The number of hydrazine groups is 1. The zero-order valence-corrected chi connectivity index (χ0v) is 11.9. The highest BCUT2D eigenvalue weighted by Gasteiger charge is 2.07. The number of halogens is 1. The Morgan fingerprint density at radius 3 is 2.55 bits per heavy atom. The number of nitrogens with zero attached hydrogens (tertiary/aromatic N) is 3. The standard InChI is InChI=1S/C13H11BrN6/c14-11-4-2-8(6-17-11)7-1-3-10-9(5-7)12(20-16)19-13(15)18-10/h1-6H,16H2,(H3,15,18,19,20). The van der Waals surface area contributed by atoms with Gasteiger partial charge in [-0.1, -0.05) is 12.1 Å². The van der Waals surface area contributed by atoms with E-state index in [1.165, 1.54) is 0 Å². The SMILES string of the molecule is NNc1nc(N)nc2ccc(-c3ccc(Br)nc3)cc12. The summed E-state index contributed by atoms with van der Waals surface area (Å²) in [5, 5.41) is 0.808. The van der Waals surface area contributed by atoms with Crippen LogP contribution in [0.4, 0.5) is 11.8 Å². The Morgan fingerprint density at radius 2 is 1.85 bits per heavy atom. The van der Waals surface area contributed by atoms with E-state index in [9.17, 15) is 0 Å². The largest absolute Gasteiger partial charge is 0.368 e. The summed E-state index contributed by atoms with van der Waals surface area (Å²) in [5.74, 6) is 6.16. The second-order valence-corrected chi connectivity index (χ2v) is 4.99. The van der Waals surface area contributed by atoms with E-state index in [-0.39, 0.29) is 5.95 Å². The van der Waals surface area contributed by atoms with Crippen molar-refractivity contribution >= 4 is 38.6 Å². The van der Waals surface area contributed by atoms with Crippen molar-refractivity contribution in [2.75, 3.05) is 11.2 Å². The predicted octanol–water partition coefficient (Wildman–Crippen LogP) is 2.32. The van der Waals surface area contributed by atoms with Crippen molar-refractivity contribution in [2.45, 2.75) is 0 Å². The Bertz CT molecular complexity index is 772. The van der Waals surface area contributed by atoms with Crippen LogP contribution in [0.5, 0.6) is 0 Å². The summed E-state index contributed by atoms with van der Waals surface area (Å²) in [7, 11) is 0. The Hall–Kier alpha value is -2.25. The molecule has 7 heteroatoms. The molecule has 100 valence electrons. The lowest BCUT2D eigenvalue weighted by molar-refractivity contribution is 1.19. The van der Waals surface area contributed by atoms with E-state index in [1.54, 1.807) is 6.20 Å². The van der Waals surface area contributed by atoms with Crippen molar-refractivity contribution in [1.82, 2.24) is 15.0 Å². The van der Waals surface area contributed by atoms with Crippen LogP contribution in [0.15, 0.2) is 41.1 Å². The molecule has 1 aromatic carbocycles. The van der Waals surface area contributed by atoms with Gasteiger partial charge in [0.1, 0.15) is 4.60 Å². The Balaban J connectivity index is 2.19. The molecule has 0 atom stereocenters. The average molecular weight is 331 g/mol. The normalized spacial score (nSPS) is 10.7. The molecule has 0 unspecified atom stereocenters. The molecule has 2 aromatic heterocycles. The molecule has 0 saturated carbocycles. The van der Waals surface area contributed by atoms with Crippen LogP contribution in [-0.2, 0) is 0 Å². The molecule has 0 spiro atoms. The maximum absolute atomic E-state index is 5.63. The number of nitrogens with two attached hydrogens (primary N) is 2. The quantitative estimate of drug-likeness (QED) is 0.378. The third kappa shape index (κ3) is 2.28.